The van der Waals surface area contributed by atoms with Crippen LogP contribution in [0.5, 0.6) is 17.2 Å². The first-order valence-corrected chi connectivity index (χ1v) is 13.3. The van der Waals surface area contributed by atoms with Gasteiger partial charge in [-0.1, -0.05) is 6.07 Å². The van der Waals surface area contributed by atoms with Gasteiger partial charge in [0, 0.05) is 64.7 Å². The molecule has 2 aromatic carbocycles. The molecule has 0 radical (unpaired) electrons. The Morgan fingerprint density at radius 1 is 1.10 bits per heavy atom. The second-order valence-corrected chi connectivity index (χ2v) is 9.55. The van der Waals surface area contributed by atoms with Gasteiger partial charge in [-0.3, -0.25) is 14.9 Å². The minimum atomic E-state index is -0.453. The van der Waals surface area contributed by atoms with E-state index in [2.05, 4.69) is 33.5 Å². The van der Waals surface area contributed by atoms with E-state index >= 15 is 0 Å². The fourth-order valence-corrected chi connectivity index (χ4v) is 4.55. The summed E-state index contributed by atoms with van der Waals surface area (Å²) < 4.78 is 29.2. The Kier molecular flexibility index (Phi) is 10.3. The molecule has 2 fully saturated rings. The zero-order valence-electron chi connectivity index (χ0n) is 23.1. The number of methoxy groups -OCH3 is 1. The summed E-state index contributed by atoms with van der Waals surface area (Å²) in [5.41, 5.74) is 1.46. The van der Waals surface area contributed by atoms with Crippen molar-refractivity contribution >= 4 is 24.3 Å². The molecule has 0 atom stereocenters. The molecule has 0 aliphatic carbocycles. The molecule has 10 heteroatoms. The monoisotopic (exact) mass is 538 g/mol. The van der Waals surface area contributed by atoms with Crippen LogP contribution >= 0.6 is 0 Å². The minimum Gasteiger partial charge on any atom is -0.492 e. The maximum atomic E-state index is 12.0. The van der Waals surface area contributed by atoms with Crippen LogP contribution in [0, 0.1) is 0 Å². The average molecular weight is 539 g/mol. The maximum absolute atomic E-state index is 12.0. The number of hydrogen-bond donors (Lipinski definition) is 0. The van der Waals surface area contributed by atoms with Crippen LogP contribution in [-0.4, -0.2) is 108 Å². The van der Waals surface area contributed by atoms with Crippen LogP contribution < -0.4 is 14.2 Å². The Labute approximate surface area is 230 Å². The van der Waals surface area contributed by atoms with E-state index in [0.29, 0.717) is 53.9 Å². The highest BCUT2D eigenvalue weighted by atomic mass is 16.5. The first-order valence-electron chi connectivity index (χ1n) is 13.3. The van der Waals surface area contributed by atoms with Gasteiger partial charge >= 0.3 is 5.97 Å². The van der Waals surface area contributed by atoms with Crippen molar-refractivity contribution in [2.24, 2.45) is 9.98 Å². The number of rotatable bonds is 10. The smallest absolute Gasteiger partial charge is 0.337 e. The van der Waals surface area contributed by atoms with Crippen LogP contribution in [-0.2, 0) is 9.47 Å². The molecule has 2 saturated heterocycles. The van der Waals surface area contributed by atoms with Crippen molar-refractivity contribution in [3.8, 4) is 17.2 Å². The SMILES string of the molecule is C=Nc1cc(OCCN2CCN(C)CC2)cc(OC2CCOCC2)c1C(=NC)Oc1cccc(C(=O)OC)c1. The number of carbonyl (C=O) groups excluding carboxylic acids is 1. The Balaban J connectivity index is 1.59. The van der Waals surface area contributed by atoms with Crippen molar-refractivity contribution in [2.75, 3.05) is 73.7 Å². The fourth-order valence-electron chi connectivity index (χ4n) is 4.55. The molecule has 0 N–H and O–H groups in total. The van der Waals surface area contributed by atoms with E-state index in [1.807, 2.05) is 12.1 Å². The van der Waals surface area contributed by atoms with Crippen molar-refractivity contribution < 1.29 is 28.5 Å². The Bertz CT molecular complexity index is 1160. The van der Waals surface area contributed by atoms with E-state index in [1.54, 1.807) is 31.3 Å². The van der Waals surface area contributed by atoms with E-state index in [9.17, 15) is 4.79 Å². The Hall–Kier alpha value is -3.47. The summed E-state index contributed by atoms with van der Waals surface area (Å²) in [7, 11) is 5.11. The van der Waals surface area contributed by atoms with Crippen LogP contribution in [0.4, 0.5) is 5.69 Å². The second kappa shape index (κ2) is 14.1. The number of nitrogens with zero attached hydrogens (tertiary/aromatic N) is 4. The van der Waals surface area contributed by atoms with Crippen molar-refractivity contribution in [2.45, 2.75) is 18.9 Å². The molecule has 2 aliphatic rings. The molecular formula is C29H38N4O6. The summed E-state index contributed by atoms with van der Waals surface area (Å²) in [4.78, 5) is 25.4. The van der Waals surface area contributed by atoms with Crippen LogP contribution in [0.15, 0.2) is 46.4 Å². The molecular weight excluding hydrogens is 500 g/mol. The van der Waals surface area contributed by atoms with Crippen molar-refractivity contribution in [3.05, 3.63) is 47.5 Å². The van der Waals surface area contributed by atoms with Gasteiger partial charge in [-0.05, 0) is 32.0 Å². The summed E-state index contributed by atoms with van der Waals surface area (Å²) in [5, 5.41) is 0. The number of ether oxygens (including phenoxy) is 5. The summed E-state index contributed by atoms with van der Waals surface area (Å²) in [6, 6.07) is 10.4. The predicted molar refractivity (Wildman–Crippen MR) is 150 cm³/mol. The number of piperazine rings is 1. The zero-order valence-corrected chi connectivity index (χ0v) is 23.1. The van der Waals surface area contributed by atoms with Crippen LogP contribution in [0.3, 0.4) is 0 Å². The molecule has 2 heterocycles. The van der Waals surface area contributed by atoms with Gasteiger partial charge in [0.2, 0.25) is 5.90 Å². The third kappa shape index (κ3) is 7.78. The quantitative estimate of drug-likeness (QED) is 0.258. The summed E-state index contributed by atoms with van der Waals surface area (Å²) in [6.45, 7) is 10.6. The molecule has 0 amide bonds. The van der Waals surface area contributed by atoms with E-state index in [-0.39, 0.29) is 12.0 Å². The average Bonchev–Trinajstić information content (AvgIpc) is 2.97. The molecule has 2 aliphatic heterocycles. The number of likely N-dealkylation sites (N-methyl/N-ethyl adjacent to an activating group) is 1. The molecule has 0 saturated carbocycles. The lowest BCUT2D eigenvalue weighted by atomic mass is 10.1. The van der Waals surface area contributed by atoms with E-state index in [1.165, 1.54) is 7.11 Å². The number of esters is 1. The Morgan fingerprint density at radius 2 is 1.87 bits per heavy atom. The molecule has 2 aromatic rings. The van der Waals surface area contributed by atoms with Gasteiger partial charge in [-0.15, -0.1) is 0 Å². The van der Waals surface area contributed by atoms with Crippen molar-refractivity contribution in [1.29, 1.82) is 0 Å². The predicted octanol–water partition coefficient (Wildman–Crippen LogP) is 3.44. The molecule has 0 aromatic heterocycles. The first kappa shape index (κ1) is 28.5. The Morgan fingerprint density at radius 3 is 2.56 bits per heavy atom. The highest BCUT2D eigenvalue weighted by molar-refractivity contribution is 6.03. The van der Waals surface area contributed by atoms with Gasteiger partial charge < -0.3 is 28.6 Å². The van der Waals surface area contributed by atoms with Crippen molar-refractivity contribution in [3.63, 3.8) is 0 Å². The van der Waals surface area contributed by atoms with Crippen LogP contribution in [0.2, 0.25) is 0 Å². The third-order valence-electron chi connectivity index (χ3n) is 6.85. The van der Waals surface area contributed by atoms with Crippen LogP contribution in [0.25, 0.3) is 0 Å². The highest BCUT2D eigenvalue weighted by Gasteiger charge is 2.24. The van der Waals surface area contributed by atoms with Gasteiger partial charge in [0.15, 0.2) is 0 Å². The number of aliphatic imine (C=N–C) groups is 2. The lowest BCUT2D eigenvalue weighted by Gasteiger charge is -2.32. The van der Waals surface area contributed by atoms with E-state index < -0.39 is 5.97 Å². The minimum absolute atomic E-state index is 0.0310. The van der Waals surface area contributed by atoms with Gasteiger partial charge in [-0.25, -0.2) is 4.79 Å². The highest BCUT2D eigenvalue weighted by Crippen LogP contribution is 2.37. The molecule has 10 nitrogen and oxygen atoms in total. The third-order valence-corrected chi connectivity index (χ3v) is 6.85. The van der Waals surface area contributed by atoms with Gasteiger partial charge in [-0.2, -0.15) is 0 Å². The van der Waals surface area contributed by atoms with E-state index in [0.717, 1.165) is 45.6 Å². The first-order chi connectivity index (χ1) is 19.0. The normalized spacial score (nSPS) is 17.5. The molecule has 4 rings (SSSR count). The summed E-state index contributed by atoms with van der Waals surface area (Å²) in [5.74, 6) is 1.44. The fraction of sp³-hybridized carbons (Fsp3) is 0.483. The molecule has 0 bridgehead atoms. The molecule has 210 valence electrons. The van der Waals surface area contributed by atoms with E-state index in [4.69, 9.17) is 23.7 Å². The summed E-state index contributed by atoms with van der Waals surface area (Å²) >= 11 is 0. The largest absolute Gasteiger partial charge is 0.492 e. The lowest BCUT2D eigenvalue weighted by molar-refractivity contribution is 0.0254. The number of hydrogen-bond acceptors (Lipinski definition) is 10. The standard InChI is InChI=1S/C29H38N4O6/c1-30-25-19-24(37-17-14-33-12-10-32(3)11-13-33)20-26(38-22-8-15-36-16-9-22)27(25)28(31-2)39-23-7-5-6-21(18-23)29(34)35-4/h5-7,18-20,22H,1,8-17H2,2-4H3. The number of carbonyl (C=O) groups is 1. The molecule has 0 unspecified atom stereocenters. The molecule has 39 heavy (non-hydrogen) atoms. The van der Waals surface area contributed by atoms with Crippen molar-refractivity contribution in [1.82, 2.24) is 9.80 Å². The maximum Gasteiger partial charge on any atom is 0.337 e. The second-order valence-electron chi connectivity index (χ2n) is 9.55. The summed E-state index contributed by atoms with van der Waals surface area (Å²) in [6.07, 6.45) is 1.51. The zero-order chi connectivity index (χ0) is 27.6. The van der Waals surface area contributed by atoms with Gasteiger partial charge in [0.1, 0.15) is 35.5 Å². The topological polar surface area (TPSA) is 94.4 Å². The molecule has 0 spiro atoms. The number of benzene rings is 2. The lowest BCUT2D eigenvalue weighted by Crippen LogP contribution is -2.45. The van der Waals surface area contributed by atoms with Gasteiger partial charge in [0.25, 0.3) is 0 Å². The van der Waals surface area contributed by atoms with Gasteiger partial charge in [0.05, 0.1) is 31.6 Å². The van der Waals surface area contributed by atoms with Crippen LogP contribution in [0.1, 0.15) is 28.8 Å².